The first kappa shape index (κ1) is 22.2. The Balaban J connectivity index is 1.31. The Morgan fingerprint density at radius 2 is 2.00 bits per heavy atom. The van der Waals surface area contributed by atoms with E-state index in [0.717, 1.165) is 50.6 Å². The number of fused-ring (bicyclic) bond motifs is 1. The van der Waals surface area contributed by atoms with Crippen molar-refractivity contribution in [2.24, 2.45) is 25.7 Å². The molecule has 0 saturated heterocycles. The lowest BCUT2D eigenvalue weighted by molar-refractivity contribution is -0.117. The summed E-state index contributed by atoms with van der Waals surface area (Å²) in [4.78, 5) is 22.1. The van der Waals surface area contributed by atoms with Gasteiger partial charge in [0.15, 0.2) is 0 Å². The molecule has 9 nitrogen and oxygen atoms in total. The van der Waals surface area contributed by atoms with E-state index in [4.69, 9.17) is 10.7 Å². The van der Waals surface area contributed by atoms with Gasteiger partial charge >= 0.3 is 0 Å². The average Bonchev–Trinajstić information content (AvgIpc) is 3.36. The smallest absolute Gasteiger partial charge is 0.229 e. The van der Waals surface area contributed by atoms with Crippen LogP contribution in [0.3, 0.4) is 0 Å². The lowest BCUT2D eigenvalue weighted by atomic mass is 9.85. The first-order valence-corrected chi connectivity index (χ1v) is 12.1. The number of nitrogens with two attached hydrogens (primary N) is 1. The van der Waals surface area contributed by atoms with E-state index in [1.54, 1.807) is 17.1 Å². The monoisotopic (exact) mass is 480 g/mol. The summed E-state index contributed by atoms with van der Waals surface area (Å²) in [6.45, 7) is 2.10. The summed E-state index contributed by atoms with van der Waals surface area (Å²) in [5, 5.41) is 13.4. The van der Waals surface area contributed by atoms with Crippen molar-refractivity contribution in [3.05, 3.63) is 76.3 Å². The molecule has 1 amide bonds. The molecular weight excluding hydrogens is 452 g/mol. The minimum absolute atomic E-state index is 0.0118. The molecule has 2 aliphatic rings. The number of carbonyl (C=O) groups is 1. The maximum Gasteiger partial charge on any atom is 0.229 e. The van der Waals surface area contributed by atoms with E-state index in [1.165, 1.54) is 0 Å². The maximum absolute atomic E-state index is 12.9. The highest BCUT2D eigenvalue weighted by Crippen LogP contribution is 2.47. The van der Waals surface area contributed by atoms with Crippen LogP contribution in [-0.2, 0) is 18.9 Å². The Bertz CT molecular complexity index is 1610. The highest BCUT2D eigenvalue weighted by molar-refractivity contribution is 5.94. The van der Waals surface area contributed by atoms with Gasteiger partial charge in [0.2, 0.25) is 5.91 Å². The lowest BCUT2D eigenvalue weighted by Crippen LogP contribution is -2.35. The average molecular weight is 481 g/mol. The number of carbonyl (C=O) groups excluding carboxylic acids is 1. The van der Waals surface area contributed by atoms with Crippen molar-refractivity contribution in [2.45, 2.75) is 31.6 Å². The Morgan fingerprint density at radius 1 is 1.14 bits per heavy atom. The Hall–Kier alpha value is -4.27. The Kier molecular flexibility index (Phi) is 5.21. The van der Waals surface area contributed by atoms with Gasteiger partial charge in [0, 0.05) is 61.6 Å². The second-order valence-corrected chi connectivity index (χ2v) is 9.77. The highest BCUT2D eigenvalue weighted by Gasteiger charge is 2.44. The van der Waals surface area contributed by atoms with Gasteiger partial charge in [-0.15, -0.1) is 0 Å². The van der Waals surface area contributed by atoms with Crippen molar-refractivity contribution >= 4 is 23.5 Å². The van der Waals surface area contributed by atoms with Gasteiger partial charge in [-0.3, -0.25) is 19.1 Å². The summed E-state index contributed by atoms with van der Waals surface area (Å²) in [5.41, 5.74) is 12.6. The molecule has 0 radical (unpaired) electrons. The lowest BCUT2D eigenvalue weighted by Gasteiger charge is -2.22. The molecule has 36 heavy (non-hydrogen) atoms. The first-order chi connectivity index (χ1) is 17.4. The van der Waals surface area contributed by atoms with Crippen molar-refractivity contribution in [2.75, 3.05) is 5.32 Å². The van der Waals surface area contributed by atoms with E-state index in [1.807, 2.05) is 55.6 Å². The third-order valence-corrected chi connectivity index (χ3v) is 7.28. The van der Waals surface area contributed by atoms with Gasteiger partial charge in [-0.1, -0.05) is 6.08 Å². The predicted octanol–water partition coefficient (Wildman–Crippen LogP) is 1.70. The van der Waals surface area contributed by atoms with Gasteiger partial charge in [-0.2, -0.15) is 10.2 Å². The van der Waals surface area contributed by atoms with Crippen LogP contribution in [-0.4, -0.2) is 35.4 Å². The van der Waals surface area contributed by atoms with Crippen molar-refractivity contribution < 1.29 is 4.79 Å². The summed E-state index contributed by atoms with van der Waals surface area (Å²) < 4.78 is 3.60. The summed E-state index contributed by atoms with van der Waals surface area (Å²) in [5.74, 6) is 0.729. The van der Waals surface area contributed by atoms with Gasteiger partial charge in [0.25, 0.3) is 0 Å². The molecule has 0 spiro atoms. The van der Waals surface area contributed by atoms with Crippen LogP contribution >= 0.6 is 0 Å². The predicted molar refractivity (Wildman–Crippen MR) is 137 cm³/mol. The fourth-order valence-corrected chi connectivity index (χ4v) is 5.31. The van der Waals surface area contributed by atoms with Crippen molar-refractivity contribution in [1.82, 2.24) is 29.5 Å². The zero-order chi connectivity index (χ0) is 25.0. The molecule has 1 saturated carbocycles. The molecule has 4 aromatic rings. The maximum atomic E-state index is 12.9. The van der Waals surface area contributed by atoms with Crippen molar-refractivity contribution in [1.29, 1.82) is 0 Å². The van der Waals surface area contributed by atoms with Crippen molar-refractivity contribution in [3.8, 4) is 11.4 Å². The molecule has 4 aromatic heterocycles. The van der Waals surface area contributed by atoms with Crippen LogP contribution in [0, 0.1) is 12.8 Å². The van der Waals surface area contributed by atoms with Crippen LogP contribution in [0.2, 0.25) is 0 Å². The number of anilines is 1. The number of nitrogens with one attached hydrogen (secondary N) is 1. The van der Waals surface area contributed by atoms with Crippen LogP contribution in [0.5, 0.6) is 0 Å². The zero-order valence-corrected chi connectivity index (χ0v) is 20.5. The molecule has 0 aliphatic heterocycles. The van der Waals surface area contributed by atoms with E-state index >= 15 is 0 Å². The van der Waals surface area contributed by atoms with E-state index in [9.17, 15) is 4.79 Å². The largest absolute Gasteiger partial charge is 0.401 e. The molecule has 6 rings (SSSR count). The number of pyridine rings is 2. The van der Waals surface area contributed by atoms with Gasteiger partial charge < -0.3 is 11.1 Å². The Labute approximate surface area is 208 Å². The quantitative estimate of drug-likeness (QED) is 0.449. The molecule has 9 heteroatoms. The standard InChI is InChI=1S/C27H28N8O/c1-15-4-6-29-26(23-5-7-31-35(23)3)25(15)17-8-16-10-24(30-13-21(16)22(28)9-17)33-27(36)20-11-19(20)18-12-32-34(2)14-18/h4-8,10,12-14,17,19-20H,9,11,28H2,1-3H3,(H,33,36)/t17?,19-,20+/m0/s1. The van der Waals surface area contributed by atoms with Gasteiger partial charge in [-0.05, 0) is 65.8 Å². The van der Waals surface area contributed by atoms with Crippen LogP contribution in [0.4, 0.5) is 5.82 Å². The van der Waals surface area contributed by atoms with Crippen LogP contribution in [0.1, 0.15) is 41.4 Å². The number of hydrogen-bond acceptors (Lipinski definition) is 6. The molecule has 182 valence electrons. The molecular formula is C27H28N8O. The van der Waals surface area contributed by atoms with Crippen LogP contribution < -0.4 is 21.5 Å². The van der Waals surface area contributed by atoms with Crippen LogP contribution in [0.25, 0.3) is 23.2 Å². The number of nitrogens with zero attached hydrogens (tertiary/aromatic N) is 6. The third kappa shape index (κ3) is 3.86. The van der Waals surface area contributed by atoms with Crippen LogP contribution in [0.15, 0.2) is 49.2 Å². The number of rotatable bonds is 5. The Morgan fingerprint density at radius 3 is 2.75 bits per heavy atom. The molecule has 3 atom stereocenters. The normalized spacial score (nSPS) is 20.5. The summed E-state index contributed by atoms with van der Waals surface area (Å²) in [6.07, 6.45) is 12.9. The minimum atomic E-state index is -0.0557. The molecule has 4 heterocycles. The van der Waals surface area contributed by atoms with E-state index in [2.05, 4.69) is 33.5 Å². The second-order valence-electron chi connectivity index (χ2n) is 9.77. The van der Waals surface area contributed by atoms with Gasteiger partial charge in [0.1, 0.15) is 5.82 Å². The number of aryl methyl sites for hydroxylation is 3. The molecule has 1 unspecified atom stereocenters. The zero-order valence-electron chi connectivity index (χ0n) is 20.5. The van der Waals surface area contributed by atoms with Gasteiger partial charge in [-0.25, -0.2) is 4.98 Å². The summed E-state index contributed by atoms with van der Waals surface area (Å²) in [7, 11) is 3.81. The fraction of sp³-hybridized carbons (Fsp3) is 0.296. The van der Waals surface area contributed by atoms with E-state index < -0.39 is 0 Å². The van der Waals surface area contributed by atoms with Crippen molar-refractivity contribution in [3.63, 3.8) is 0 Å². The highest BCUT2D eigenvalue weighted by atomic mass is 16.2. The number of aromatic nitrogens is 6. The number of amides is 1. The van der Waals surface area contributed by atoms with E-state index in [-0.39, 0.29) is 23.7 Å². The molecule has 2 aliphatic carbocycles. The summed E-state index contributed by atoms with van der Waals surface area (Å²) >= 11 is 0. The number of hydrogen-bond donors (Lipinski definition) is 2. The van der Waals surface area contributed by atoms with Gasteiger partial charge in [0.05, 0.1) is 17.6 Å². The SMILES string of the molecule is Cc1ccnc(-c2ccnn2C)c1C1C=c2cc(NC(=O)[C@@H]3C[C@H]3c3cnn(C)c3)ncc2=C(N)C1. The minimum Gasteiger partial charge on any atom is -0.401 e. The third-order valence-electron chi connectivity index (χ3n) is 7.28. The van der Waals surface area contributed by atoms with E-state index in [0.29, 0.717) is 12.2 Å². The second kappa shape index (κ2) is 8.44. The molecule has 3 N–H and O–H groups in total. The first-order valence-electron chi connectivity index (χ1n) is 12.1. The molecule has 0 aromatic carbocycles. The molecule has 1 fully saturated rings. The topological polar surface area (TPSA) is 117 Å². The fourth-order valence-electron chi connectivity index (χ4n) is 5.31. The summed E-state index contributed by atoms with van der Waals surface area (Å²) in [6, 6.07) is 5.92. The molecule has 0 bridgehead atoms.